The third-order valence-corrected chi connectivity index (χ3v) is 3.01. The van der Waals surface area contributed by atoms with E-state index < -0.39 is 0 Å². The van der Waals surface area contributed by atoms with E-state index in [2.05, 4.69) is 26.0 Å². The van der Waals surface area contributed by atoms with Crippen molar-refractivity contribution in [1.29, 1.82) is 0 Å². The summed E-state index contributed by atoms with van der Waals surface area (Å²) in [5, 5.41) is 15.2. The van der Waals surface area contributed by atoms with Gasteiger partial charge in [-0.3, -0.25) is 9.59 Å². The second-order valence-electron chi connectivity index (χ2n) is 4.65. The van der Waals surface area contributed by atoms with Gasteiger partial charge >= 0.3 is 0 Å². The van der Waals surface area contributed by atoms with Crippen molar-refractivity contribution in [3.05, 3.63) is 36.2 Å². The molecule has 2 amide bonds. The molecule has 0 unspecified atom stereocenters. The Morgan fingerprint density at radius 2 is 1.75 bits per heavy atom. The van der Waals surface area contributed by atoms with Gasteiger partial charge in [-0.05, 0) is 37.1 Å². The molecule has 1 aliphatic carbocycles. The van der Waals surface area contributed by atoms with Crippen molar-refractivity contribution in [2.45, 2.75) is 12.8 Å². The topological polar surface area (TPSA) is 99.8 Å². The first kappa shape index (κ1) is 12.3. The van der Waals surface area contributed by atoms with E-state index in [0.717, 1.165) is 18.5 Å². The first-order valence-corrected chi connectivity index (χ1v) is 6.30. The number of hydrogen-bond acceptors (Lipinski definition) is 4. The molecule has 1 fully saturated rings. The number of nitrogens with one attached hydrogen (secondary N) is 3. The van der Waals surface area contributed by atoms with Crippen LogP contribution in [0.25, 0.3) is 0 Å². The van der Waals surface area contributed by atoms with Crippen LogP contribution in [-0.4, -0.2) is 27.2 Å². The molecule has 0 radical (unpaired) electrons. The van der Waals surface area contributed by atoms with Gasteiger partial charge in [-0.2, -0.15) is 15.4 Å². The lowest BCUT2D eigenvalue weighted by molar-refractivity contribution is -0.117. The second-order valence-corrected chi connectivity index (χ2v) is 4.65. The van der Waals surface area contributed by atoms with Crippen molar-refractivity contribution in [3.63, 3.8) is 0 Å². The highest BCUT2D eigenvalue weighted by molar-refractivity contribution is 6.02. The molecule has 102 valence electrons. The maximum atomic E-state index is 11.7. The summed E-state index contributed by atoms with van der Waals surface area (Å²) in [4.78, 5) is 23.3. The summed E-state index contributed by atoms with van der Waals surface area (Å²) in [6.07, 6.45) is 3.29. The highest BCUT2D eigenvalue weighted by Crippen LogP contribution is 2.30. The molecular formula is C13H13N5O2. The maximum Gasteiger partial charge on any atom is 0.277 e. The molecule has 1 aromatic heterocycles. The molecule has 20 heavy (non-hydrogen) atoms. The van der Waals surface area contributed by atoms with Crippen LogP contribution >= 0.6 is 0 Å². The summed E-state index contributed by atoms with van der Waals surface area (Å²) in [5.41, 5.74) is 1.57. The van der Waals surface area contributed by atoms with Crippen molar-refractivity contribution in [2.24, 2.45) is 5.92 Å². The predicted octanol–water partition coefficient (Wildman–Crippen LogP) is 1.41. The number of nitrogens with zero attached hydrogens (tertiary/aromatic N) is 2. The van der Waals surface area contributed by atoms with Crippen molar-refractivity contribution in [3.8, 4) is 0 Å². The first-order valence-electron chi connectivity index (χ1n) is 6.30. The maximum absolute atomic E-state index is 11.7. The zero-order valence-electron chi connectivity index (χ0n) is 10.6. The van der Waals surface area contributed by atoms with Gasteiger partial charge in [0.05, 0.1) is 6.20 Å². The molecule has 3 N–H and O–H groups in total. The Hall–Kier alpha value is -2.70. The number of hydrogen-bond donors (Lipinski definition) is 3. The normalized spacial score (nSPS) is 13.8. The Morgan fingerprint density at radius 1 is 1.10 bits per heavy atom. The summed E-state index contributed by atoms with van der Waals surface area (Å²) in [7, 11) is 0. The van der Waals surface area contributed by atoms with Gasteiger partial charge in [-0.15, -0.1) is 0 Å². The Morgan fingerprint density at radius 3 is 2.30 bits per heavy atom. The van der Waals surface area contributed by atoms with E-state index in [9.17, 15) is 9.59 Å². The number of amides is 2. The largest absolute Gasteiger partial charge is 0.326 e. The molecule has 1 saturated carbocycles. The Bertz CT molecular complexity index is 617. The molecule has 3 rings (SSSR count). The lowest BCUT2D eigenvalue weighted by Crippen LogP contribution is -2.14. The number of carbonyl (C=O) groups is 2. The van der Waals surface area contributed by atoms with E-state index in [1.54, 1.807) is 24.3 Å². The molecule has 7 heteroatoms. The van der Waals surface area contributed by atoms with Crippen molar-refractivity contribution in [1.82, 2.24) is 15.4 Å². The van der Waals surface area contributed by atoms with Crippen LogP contribution in [0.1, 0.15) is 23.3 Å². The smallest absolute Gasteiger partial charge is 0.277 e. The summed E-state index contributed by atoms with van der Waals surface area (Å²) in [5.74, 6) is -0.112. The van der Waals surface area contributed by atoms with E-state index in [4.69, 9.17) is 0 Å². The SMILES string of the molecule is O=C(Nc1ccc(NC(=O)C2CC2)cc1)c1cn[nH]n1. The number of H-pyrrole nitrogens is 1. The van der Waals surface area contributed by atoms with Gasteiger partial charge in [0.2, 0.25) is 5.91 Å². The lowest BCUT2D eigenvalue weighted by atomic mass is 10.2. The molecule has 0 atom stereocenters. The zero-order valence-corrected chi connectivity index (χ0v) is 10.6. The van der Waals surface area contributed by atoms with Crippen molar-refractivity contribution >= 4 is 23.2 Å². The number of aromatic amines is 1. The standard InChI is InChI=1S/C13H13N5O2/c19-12(8-1-2-8)15-9-3-5-10(6-4-9)16-13(20)11-7-14-18-17-11/h3-8H,1-2H2,(H,15,19)(H,16,20)(H,14,17,18). The van der Waals surface area contributed by atoms with Crippen LogP contribution in [0.3, 0.4) is 0 Å². The molecule has 0 aliphatic heterocycles. The third-order valence-electron chi connectivity index (χ3n) is 3.01. The number of aromatic nitrogens is 3. The number of benzene rings is 1. The minimum absolute atomic E-state index is 0.0596. The minimum Gasteiger partial charge on any atom is -0.326 e. The van der Waals surface area contributed by atoms with Gasteiger partial charge in [0.25, 0.3) is 5.91 Å². The van der Waals surface area contributed by atoms with Gasteiger partial charge in [-0.25, -0.2) is 0 Å². The van der Waals surface area contributed by atoms with Crippen LogP contribution in [0, 0.1) is 5.92 Å². The molecular weight excluding hydrogens is 258 g/mol. The first-order chi connectivity index (χ1) is 9.72. The van der Waals surface area contributed by atoms with Crippen molar-refractivity contribution < 1.29 is 9.59 Å². The van der Waals surface area contributed by atoms with Gasteiger partial charge in [0, 0.05) is 17.3 Å². The molecule has 1 heterocycles. The predicted molar refractivity (Wildman–Crippen MR) is 72.1 cm³/mol. The van der Waals surface area contributed by atoms with E-state index >= 15 is 0 Å². The average Bonchev–Trinajstić information content (AvgIpc) is 3.16. The van der Waals surface area contributed by atoms with E-state index in [0.29, 0.717) is 5.69 Å². The van der Waals surface area contributed by atoms with Crippen LogP contribution < -0.4 is 10.6 Å². The molecule has 1 aliphatic rings. The number of rotatable bonds is 4. The van der Waals surface area contributed by atoms with E-state index in [1.807, 2.05) is 0 Å². The third kappa shape index (κ3) is 2.82. The summed E-state index contributed by atoms with van der Waals surface area (Å²) in [6, 6.07) is 6.94. The van der Waals surface area contributed by atoms with Crippen LogP contribution in [0.15, 0.2) is 30.5 Å². The summed E-state index contributed by atoms with van der Waals surface area (Å²) < 4.78 is 0. The van der Waals surface area contributed by atoms with Crippen LogP contribution in [0.4, 0.5) is 11.4 Å². The minimum atomic E-state index is -0.339. The van der Waals surface area contributed by atoms with Gasteiger partial charge in [-0.1, -0.05) is 0 Å². The molecule has 0 spiro atoms. The van der Waals surface area contributed by atoms with Crippen LogP contribution in [0.5, 0.6) is 0 Å². The fourth-order valence-corrected chi connectivity index (χ4v) is 1.73. The molecule has 2 aromatic rings. The fourth-order valence-electron chi connectivity index (χ4n) is 1.73. The second kappa shape index (κ2) is 5.12. The zero-order chi connectivity index (χ0) is 13.9. The average molecular weight is 271 g/mol. The fraction of sp³-hybridized carbons (Fsp3) is 0.231. The van der Waals surface area contributed by atoms with Crippen LogP contribution in [-0.2, 0) is 4.79 Å². The van der Waals surface area contributed by atoms with Gasteiger partial charge in [0.1, 0.15) is 0 Å². The van der Waals surface area contributed by atoms with Crippen LogP contribution in [0.2, 0.25) is 0 Å². The van der Waals surface area contributed by atoms with E-state index in [1.165, 1.54) is 6.20 Å². The lowest BCUT2D eigenvalue weighted by Gasteiger charge is -2.06. The summed E-state index contributed by atoms with van der Waals surface area (Å²) >= 11 is 0. The molecule has 0 saturated heterocycles. The van der Waals surface area contributed by atoms with E-state index in [-0.39, 0.29) is 23.4 Å². The summed E-state index contributed by atoms with van der Waals surface area (Å²) in [6.45, 7) is 0. The highest BCUT2D eigenvalue weighted by Gasteiger charge is 2.29. The Labute approximate surface area is 114 Å². The Balaban J connectivity index is 1.61. The Kier molecular flexibility index (Phi) is 3.16. The van der Waals surface area contributed by atoms with Gasteiger partial charge < -0.3 is 10.6 Å². The number of anilines is 2. The quantitative estimate of drug-likeness (QED) is 0.782. The number of carbonyl (C=O) groups excluding carboxylic acids is 2. The molecule has 7 nitrogen and oxygen atoms in total. The van der Waals surface area contributed by atoms with Gasteiger partial charge in [0.15, 0.2) is 5.69 Å². The highest BCUT2D eigenvalue weighted by atomic mass is 16.2. The molecule has 1 aromatic carbocycles. The molecule has 0 bridgehead atoms. The van der Waals surface area contributed by atoms with Crippen molar-refractivity contribution in [2.75, 3.05) is 10.6 Å². The monoisotopic (exact) mass is 271 g/mol.